The summed E-state index contributed by atoms with van der Waals surface area (Å²) in [5.41, 5.74) is 5.33. The Bertz CT molecular complexity index is 1120. The third-order valence-electron chi connectivity index (χ3n) is 5.23. The van der Waals surface area contributed by atoms with Gasteiger partial charge in [-0.3, -0.25) is 4.79 Å². The second-order valence-corrected chi connectivity index (χ2v) is 8.00. The number of rotatable bonds is 10. The summed E-state index contributed by atoms with van der Waals surface area (Å²) in [6.45, 7) is 2.52. The Morgan fingerprint density at radius 2 is 1.64 bits per heavy atom. The molecule has 0 aliphatic heterocycles. The van der Waals surface area contributed by atoms with Crippen LogP contribution in [-0.4, -0.2) is 26.3 Å². The smallest absolute Gasteiger partial charge is 0.179 e. The van der Waals surface area contributed by atoms with E-state index in [0.717, 1.165) is 5.56 Å². The van der Waals surface area contributed by atoms with Gasteiger partial charge < -0.3 is 14.2 Å². The Morgan fingerprint density at radius 3 is 2.27 bits per heavy atom. The molecule has 0 N–H and O–H groups in total. The van der Waals surface area contributed by atoms with Crippen LogP contribution in [-0.2, 0) is 11.4 Å². The number of carbonyl (C=O) groups is 1. The molecule has 5 heteroatoms. The fourth-order valence-corrected chi connectivity index (χ4v) is 3.72. The molecule has 170 valence electrons. The Kier molecular flexibility index (Phi) is 8.79. The lowest BCUT2D eigenvalue weighted by molar-refractivity contribution is -0.110. The predicted octanol–water partition coefficient (Wildman–Crippen LogP) is 6.72. The lowest BCUT2D eigenvalue weighted by atomic mass is 9.97. The van der Waals surface area contributed by atoms with Gasteiger partial charge in [0, 0.05) is 12.1 Å². The summed E-state index contributed by atoms with van der Waals surface area (Å²) < 4.78 is 17.2. The zero-order chi connectivity index (χ0) is 23.6. The van der Waals surface area contributed by atoms with Crippen molar-refractivity contribution in [1.29, 1.82) is 0 Å². The van der Waals surface area contributed by atoms with Crippen molar-refractivity contribution >= 4 is 23.6 Å². The van der Waals surface area contributed by atoms with Crippen LogP contribution in [0, 0.1) is 6.92 Å². The van der Waals surface area contributed by atoms with Crippen LogP contribution in [0.1, 0.15) is 16.7 Å². The maximum absolute atomic E-state index is 12.0. The molecule has 0 saturated carbocycles. The number of ether oxygens (including phenoxy) is 3. The first-order chi connectivity index (χ1) is 16.1. The summed E-state index contributed by atoms with van der Waals surface area (Å²) in [4.78, 5) is 12.0. The van der Waals surface area contributed by atoms with Crippen LogP contribution in [0.5, 0.6) is 17.2 Å². The highest BCUT2D eigenvalue weighted by Crippen LogP contribution is 2.36. The summed E-state index contributed by atoms with van der Waals surface area (Å²) in [6.07, 6.45) is 6.61. The first-order valence-corrected chi connectivity index (χ1v) is 11.8. The van der Waals surface area contributed by atoms with Crippen LogP contribution in [0.3, 0.4) is 0 Å². The molecule has 0 aliphatic rings. The van der Waals surface area contributed by atoms with Crippen molar-refractivity contribution in [1.82, 2.24) is 0 Å². The van der Waals surface area contributed by atoms with Gasteiger partial charge in [0.25, 0.3) is 0 Å². The number of allylic oxidation sites excluding steroid dienone is 2. The molecule has 4 nitrogen and oxygen atoms in total. The van der Waals surface area contributed by atoms with Crippen LogP contribution >= 0.6 is 11.8 Å². The first-order valence-electron chi connectivity index (χ1n) is 10.5. The highest BCUT2D eigenvalue weighted by molar-refractivity contribution is 8.01. The fourth-order valence-electron chi connectivity index (χ4n) is 3.45. The molecule has 3 rings (SSSR count). The van der Waals surface area contributed by atoms with Crippen LogP contribution < -0.4 is 14.2 Å². The Hall–Kier alpha value is -3.44. The summed E-state index contributed by atoms with van der Waals surface area (Å²) in [5, 5.41) is 1.74. The van der Waals surface area contributed by atoms with Crippen LogP contribution in [0.2, 0.25) is 0 Å². The molecular formula is C28H28O4S. The van der Waals surface area contributed by atoms with Crippen LogP contribution in [0.25, 0.3) is 17.2 Å². The van der Waals surface area contributed by atoms with E-state index in [1.165, 1.54) is 40.6 Å². The number of methoxy groups -OCH3 is 2. The van der Waals surface area contributed by atoms with Gasteiger partial charge in [0.1, 0.15) is 23.9 Å². The van der Waals surface area contributed by atoms with Gasteiger partial charge >= 0.3 is 0 Å². The summed E-state index contributed by atoms with van der Waals surface area (Å²) in [7, 11) is 3.16. The summed E-state index contributed by atoms with van der Waals surface area (Å²) in [5.74, 6) is 1.65. The maximum Gasteiger partial charge on any atom is 0.179 e. The quantitative estimate of drug-likeness (QED) is 0.314. The molecule has 0 bridgehead atoms. The van der Waals surface area contributed by atoms with E-state index < -0.39 is 0 Å². The van der Waals surface area contributed by atoms with E-state index in [1.807, 2.05) is 30.5 Å². The Morgan fingerprint density at radius 1 is 0.939 bits per heavy atom. The largest absolute Gasteiger partial charge is 0.496 e. The second-order valence-electron chi connectivity index (χ2n) is 7.26. The van der Waals surface area contributed by atoms with Crippen molar-refractivity contribution in [2.75, 3.05) is 20.5 Å². The third-order valence-corrected chi connectivity index (χ3v) is 5.63. The van der Waals surface area contributed by atoms with Gasteiger partial charge in [-0.15, -0.1) is 11.8 Å². The minimum absolute atomic E-state index is 0.109. The second kappa shape index (κ2) is 12.0. The molecule has 0 fully saturated rings. The van der Waals surface area contributed by atoms with Crippen LogP contribution in [0.4, 0.5) is 0 Å². The average molecular weight is 461 g/mol. The standard InChI is InChI=1S/C28H28O4S/c1-20-22(11-8-12-25(20)21-9-6-5-7-10-21)19-32-24-17-27(30-2)26(28(18-24)31-3)14-13-23(29)15-16-33-4/h5-18H,19H2,1-4H3/b14-13+,16-15+. The van der Waals surface area contributed by atoms with Crippen molar-refractivity contribution in [2.45, 2.75) is 13.5 Å². The molecule has 0 saturated heterocycles. The van der Waals surface area contributed by atoms with Crippen LogP contribution in [0.15, 0.2) is 78.2 Å². The molecule has 0 atom stereocenters. The van der Waals surface area contributed by atoms with Crippen molar-refractivity contribution in [3.05, 3.63) is 94.9 Å². The lowest BCUT2D eigenvalue weighted by Gasteiger charge is -2.16. The Balaban J connectivity index is 1.83. The van der Waals surface area contributed by atoms with E-state index >= 15 is 0 Å². The van der Waals surface area contributed by atoms with Crippen molar-refractivity contribution in [3.8, 4) is 28.4 Å². The third kappa shape index (κ3) is 6.30. The van der Waals surface area contributed by atoms with Gasteiger partial charge in [0.15, 0.2) is 5.78 Å². The van der Waals surface area contributed by atoms with E-state index in [-0.39, 0.29) is 5.78 Å². The molecule has 0 radical (unpaired) electrons. The number of hydrogen-bond acceptors (Lipinski definition) is 5. The highest BCUT2D eigenvalue weighted by Gasteiger charge is 2.13. The minimum atomic E-state index is -0.109. The monoisotopic (exact) mass is 460 g/mol. The van der Waals surface area contributed by atoms with Crippen molar-refractivity contribution < 1.29 is 19.0 Å². The molecule has 33 heavy (non-hydrogen) atoms. The van der Waals surface area contributed by atoms with E-state index in [2.05, 4.69) is 31.2 Å². The first kappa shape index (κ1) is 24.2. The maximum atomic E-state index is 12.0. The zero-order valence-corrected chi connectivity index (χ0v) is 20.1. The van der Waals surface area contributed by atoms with E-state index in [0.29, 0.717) is 29.4 Å². The molecule has 0 unspecified atom stereocenters. The highest BCUT2D eigenvalue weighted by atomic mass is 32.2. The topological polar surface area (TPSA) is 44.8 Å². The number of carbonyl (C=O) groups excluding carboxylic acids is 1. The minimum Gasteiger partial charge on any atom is -0.496 e. The molecule has 0 aromatic heterocycles. The fraction of sp³-hybridized carbons (Fsp3) is 0.179. The number of thioether (sulfide) groups is 1. The van der Waals surface area contributed by atoms with Crippen molar-refractivity contribution in [2.24, 2.45) is 0 Å². The van der Waals surface area contributed by atoms with Gasteiger partial charge in [0.05, 0.1) is 19.8 Å². The molecule has 3 aromatic carbocycles. The van der Waals surface area contributed by atoms with Crippen molar-refractivity contribution in [3.63, 3.8) is 0 Å². The Labute approximate surface area is 199 Å². The average Bonchev–Trinajstić information content (AvgIpc) is 2.85. The normalized spacial score (nSPS) is 11.2. The lowest BCUT2D eigenvalue weighted by Crippen LogP contribution is -2.01. The molecule has 0 spiro atoms. The number of hydrogen-bond donors (Lipinski definition) is 0. The van der Waals surface area contributed by atoms with Gasteiger partial charge in [-0.05, 0) is 59.1 Å². The molecular weight excluding hydrogens is 432 g/mol. The molecule has 3 aromatic rings. The van der Waals surface area contributed by atoms with E-state index in [1.54, 1.807) is 37.8 Å². The number of benzene rings is 3. The predicted molar refractivity (Wildman–Crippen MR) is 137 cm³/mol. The molecule has 0 amide bonds. The summed E-state index contributed by atoms with van der Waals surface area (Å²) >= 11 is 1.47. The zero-order valence-electron chi connectivity index (χ0n) is 19.3. The SMILES string of the molecule is COc1cc(OCc2cccc(-c3ccccc3)c2C)cc(OC)c1/C=C/C(=O)/C=C/SC. The van der Waals surface area contributed by atoms with Gasteiger partial charge in [-0.1, -0.05) is 48.5 Å². The van der Waals surface area contributed by atoms with E-state index in [9.17, 15) is 4.79 Å². The van der Waals surface area contributed by atoms with Gasteiger partial charge in [-0.2, -0.15) is 0 Å². The van der Waals surface area contributed by atoms with Gasteiger partial charge in [0.2, 0.25) is 0 Å². The number of ketones is 1. The summed E-state index contributed by atoms with van der Waals surface area (Å²) in [6, 6.07) is 20.2. The molecule has 0 aliphatic carbocycles. The van der Waals surface area contributed by atoms with Gasteiger partial charge in [-0.25, -0.2) is 0 Å². The molecule has 0 heterocycles. The van der Waals surface area contributed by atoms with E-state index in [4.69, 9.17) is 14.2 Å².